The second-order valence-electron chi connectivity index (χ2n) is 2.39. The van der Waals surface area contributed by atoms with Crippen LogP contribution in [0.5, 0.6) is 5.19 Å². The minimum absolute atomic E-state index is 0.693. The molecule has 0 fully saturated rings. The maximum atomic E-state index is 5.25. The van der Waals surface area contributed by atoms with Crippen molar-refractivity contribution in [2.75, 3.05) is 20.2 Å². The zero-order valence-corrected chi connectivity index (χ0v) is 8.28. The summed E-state index contributed by atoms with van der Waals surface area (Å²) in [7, 11) is 1.94. The Hall–Kier alpha value is -0.610. The number of rotatable bonds is 5. The van der Waals surface area contributed by atoms with E-state index in [-0.39, 0.29) is 0 Å². The summed E-state index contributed by atoms with van der Waals surface area (Å²) < 4.78 is 5.25. The predicted octanol–water partition coefficient (Wildman–Crippen LogP) is 1.30. The van der Waals surface area contributed by atoms with E-state index in [2.05, 4.69) is 10.3 Å². The van der Waals surface area contributed by atoms with E-state index in [0.717, 1.165) is 23.9 Å². The fourth-order valence-corrected chi connectivity index (χ4v) is 1.61. The van der Waals surface area contributed by atoms with Gasteiger partial charge in [-0.05, 0) is 14.0 Å². The first kappa shape index (κ1) is 9.48. The average Bonchev–Trinajstić information content (AvgIpc) is 2.50. The quantitative estimate of drug-likeness (QED) is 0.752. The van der Waals surface area contributed by atoms with E-state index >= 15 is 0 Å². The SMILES string of the molecule is CCOc1nc(CCNC)cs1. The van der Waals surface area contributed by atoms with Gasteiger partial charge in [0.05, 0.1) is 12.3 Å². The van der Waals surface area contributed by atoms with Crippen LogP contribution in [0.15, 0.2) is 5.38 Å². The van der Waals surface area contributed by atoms with Gasteiger partial charge in [0, 0.05) is 18.3 Å². The first-order valence-corrected chi connectivity index (χ1v) is 4.96. The Bertz CT molecular complexity index is 225. The molecule has 4 heteroatoms. The zero-order valence-electron chi connectivity index (χ0n) is 7.46. The van der Waals surface area contributed by atoms with Gasteiger partial charge < -0.3 is 10.1 Å². The van der Waals surface area contributed by atoms with Crippen LogP contribution in [0, 0.1) is 0 Å². The van der Waals surface area contributed by atoms with Gasteiger partial charge in [-0.25, -0.2) is 4.98 Å². The van der Waals surface area contributed by atoms with Crippen molar-refractivity contribution in [3.05, 3.63) is 11.1 Å². The van der Waals surface area contributed by atoms with Crippen LogP contribution in [0.3, 0.4) is 0 Å². The molecule has 1 N–H and O–H groups in total. The molecular weight excluding hydrogens is 172 g/mol. The smallest absolute Gasteiger partial charge is 0.273 e. The second kappa shape index (κ2) is 5.11. The normalized spacial score (nSPS) is 10.2. The lowest BCUT2D eigenvalue weighted by Crippen LogP contribution is -2.10. The van der Waals surface area contributed by atoms with E-state index < -0.39 is 0 Å². The highest BCUT2D eigenvalue weighted by Crippen LogP contribution is 2.17. The Balaban J connectivity index is 2.41. The molecule has 0 aromatic carbocycles. The van der Waals surface area contributed by atoms with Crippen molar-refractivity contribution in [1.82, 2.24) is 10.3 Å². The minimum atomic E-state index is 0.693. The van der Waals surface area contributed by atoms with Gasteiger partial charge in [-0.3, -0.25) is 0 Å². The van der Waals surface area contributed by atoms with E-state index in [1.165, 1.54) is 0 Å². The molecule has 0 aliphatic carbocycles. The van der Waals surface area contributed by atoms with E-state index in [1.807, 2.05) is 19.4 Å². The number of aromatic nitrogens is 1. The molecule has 0 spiro atoms. The minimum Gasteiger partial charge on any atom is -0.470 e. The predicted molar refractivity (Wildman–Crippen MR) is 50.9 cm³/mol. The van der Waals surface area contributed by atoms with E-state index in [9.17, 15) is 0 Å². The Kier molecular flexibility index (Phi) is 4.04. The molecule has 0 unspecified atom stereocenters. The highest BCUT2D eigenvalue weighted by molar-refractivity contribution is 7.11. The Morgan fingerprint density at radius 3 is 3.17 bits per heavy atom. The standard InChI is InChI=1S/C8H14N2OS/c1-3-11-8-10-7(6-12-8)4-5-9-2/h6,9H,3-5H2,1-2H3. The maximum Gasteiger partial charge on any atom is 0.273 e. The molecule has 0 saturated carbocycles. The van der Waals surface area contributed by atoms with Gasteiger partial charge >= 0.3 is 0 Å². The Morgan fingerprint density at radius 2 is 2.50 bits per heavy atom. The molecule has 68 valence electrons. The van der Waals surface area contributed by atoms with Gasteiger partial charge in [0.2, 0.25) is 0 Å². The van der Waals surface area contributed by atoms with Crippen LogP contribution in [0.2, 0.25) is 0 Å². The lowest BCUT2D eigenvalue weighted by molar-refractivity contribution is 0.337. The number of likely N-dealkylation sites (N-methyl/N-ethyl adjacent to an activating group) is 1. The van der Waals surface area contributed by atoms with Gasteiger partial charge in [-0.1, -0.05) is 11.3 Å². The average molecular weight is 186 g/mol. The molecule has 1 aromatic heterocycles. The highest BCUT2D eigenvalue weighted by atomic mass is 32.1. The van der Waals surface area contributed by atoms with Crippen molar-refractivity contribution in [3.63, 3.8) is 0 Å². The summed E-state index contributed by atoms with van der Waals surface area (Å²) in [5, 5.41) is 5.91. The summed E-state index contributed by atoms with van der Waals surface area (Å²) in [5.74, 6) is 0. The Labute approximate surface area is 76.8 Å². The van der Waals surface area contributed by atoms with Crippen LogP contribution in [-0.2, 0) is 6.42 Å². The lowest BCUT2D eigenvalue weighted by Gasteiger charge is -1.95. The van der Waals surface area contributed by atoms with Gasteiger partial charge in [0.25, 0.3) is 5.19 Å². The van der Waals surface area contributed by atoms with Crippen molar-refractivity contribution < 1.29 is 4.74 Å². The van der Waals surface area contributed by atoms with Crippen molar-refractivity contribution in [2.24, 2.45) is 0 Å². The molecule has 0 radical (unpaired) electrons. The fraction of sp³-hybridized carbons (Fsp3) is 0.625. The maximum absolute atomic E-state index is 5.25. The molecule has 0 bridgehead atoms. The molecule has 0 saturated heterocycles. The van der Waals surface area contributed by atoms with Gasteiger partial charge in [0.15, 0.2) is 0 Å². The largest absolute Gasteiger partial charge is 0.470 e. The number of ether oxygens (including phenoxy) is 1. The lowest BCUT2D eigenvalue weighted by atomic mass is 10.3. The van der Waals surface area contributed by atoms with E-state index in [4.69, 9.17) is 4.74 Å². The molecule has 1 aromatic rings. The van der Waals surface area contributed by atoms with Gasteiger partial charge in [-0.2, -0.15) is 0 Å². The van der Waals surface area contributed by atoms with Crippen LogP contribution >= 0.6 is 11.3 Å². The second-order valence-corrected chi connectivity index (χ2v) is 3.21. The van der Waals surface area contributed by atoms with Crippen LogP contribution in [0.1, 0.15) is 12.6 Å². The summed E-state index contributed by atoms with van der Waals surface area (Å²) in [6.07, 6.45) is 0.972. The van der Waals surface area contributed by atoms with E-state index in [1.54, 1.807) is 11.3 Å². The van der Waals surface area contributed by atoms with Crippen LogP contribution in [-0.4, -0.2) is 25.2 Å². The first-order chi connectivity index (χ1) is 5.86. The summed E-state index contributed by atoms with van der Waals surface area (Å²) in [6, 6.07) is 0. The third-order valence-corrected chi connectivity index (χ3v) is 2.23. The fourth-order valence-electron chi connectivity index (χ4n) is 0.846. The van der Waals surface area contributed by atoms with Crippen LogP contribution in [0.4, 0.5) is 0 Å². The molecular formula is C8H14N2OS. The first-order valence-electron chi connectivity index (χ1n) is 4.08. The topological polar surface area (TPSA) is 34.1 Å². The van der Waals surface area contributed by atoms with Gasteiger partial charge in [-0.15, -0.1) is 0 Å². The number of nitrogens with zero attached hydrogens (tertiary/aromatic N) is 1. The molecule has 1 heterocycles. The third kappa shape index (κ3) is 2.79. The molecule has 1 rings (SSSR count). The number of hydrogen-bond acceptors (Lipinski definition) is 4. The molecule has 0 atom stereocenters. The summed E-state index contributed by atoms with van der Waals surface area (Å²) >= 11 is 1.56. The number of thiazole rings is 1. The summed E-state index contributed by atoms with van der Waals surface area (Å²) in [6.45, 7) is 3.63. The molecule has 0 aliphatic heterocycles. The third-order valence-electron chi connectivity index (χ3n) is 1.43. The van der Waals surface area contributed by atoms with E-state index in [0.29, 0.717) is 6.61 Å². The number of hydrogen-bond donors (Lipinski definition) is 1. The molecule has 12 heavy (non-hydrogen) atoms. The monoisotopic (exact) mass is 186 g/mol. The zero-order chi connectivity index (χ0) is 8.81. The summed E-state index contributed by atoms with van der Waals surface area (Å²) in [4.78, 5) is 4.29. The van der Waals surface area contributed by atoms with Crippen molar-refractivity contribution in [3.8, 4) is 5.19 Å². The number of nitrogens with one attached hydrogen (secondary N) is 1. The molecule has 0 amide bonds. The van der Waals surface area contributed by atoms with Crippen molar-refractivity contribution >= 4 is 11.3 Å². The molecule has 0 aliphatic rings. The highest BCUT2D eigenvalue weighted by Gasteiger charge is 2.00. The van der Waals surface area contributed by atoms with Crippen LogP contribution < -0.4 is 10.1 Å². The van der Waals surface area contributed by atoms with Crippen molar-refractivity contribution in [2.45, 2.75) is 13.3 Å². The molecule has 3 nitrogen and oxygen atoms in total. The van der Waals surface area contributed by atoms with Crippen LogP contribution in [0.25, 0.3) is 0 Å². The van der Waals surface area contributed by atoms with Gasteiger partial charge in [0.1, 0.15) is 0 Å². The summed E-state index contributed by atoms with van der Waals surface area (Å²) in [5.41, 5.74) is 1.11. The Morgan fingerprint density at radius 1 is 1.67 bits per heavy atom. The van der Waals surface area contributed by atoms with Crippen molar-refractivity contribution in [1.29, 1.82) is 0 Å².